The zero-order chi connectivity index (χ0) is 27.0. The van der Waals surface area contributed by atoms with E-state index in [0.717, 1.165) is 18.9 Å². The molecule has 37 heavy (non-hydrogen) atoms. The summed E-state index contributed by atoms with van der Waals surface area (Å²) in [6.45, 7) is 1.82. The summed E-state index contributed by atoms with van der Waals surface area (Å²) in [5.74, 6) is -0.819. The third-order valence-corrected chi connectivity index (χ3v) is 6.89. The first-order valence-electron chi connectivity index (χ1n) is 11.9. The van der Waals surface area contributed by atoms with Gasteiger partial charge in [-0.2, -0.15) is 13.2 Å². The predicted octanol–water partition coefficient (Wildman–Crippen LogP) is 4.64. The van der Waals surface area contributed by atoms with Crippen LogP contribution in [-0.4, -0.2) is 53.2 Å². The van der Waals surface area contributed by atoms with Crippen molar-refractivity contribution < 1.29 is 31.9 Å². The molecule has 2 aromatic rings. The maximum atomic E-state index is 13.3. The predicted molar refractivity (Wildman–Crippen MR) is 129 cm³/mol. The number of ether oxygens (including phenoxy) is 1. The molecule has 200 valence electrons. The number of hydrogen-bond donors (Lipinski definition) is 2. The second-order valence-electron chi connectivity index (χ2n) is 9.82. The molecule has 0 aliphatic carbocycles. The molecule has 3 heterocycles. The number of rotatable bonds is 7. The fourth-order valence-electron chi connectivity index (χ4n) is 4.86. The fraction of sp³-hybridized carbons (Fsp3) is 0.480. The number of carbonyl (C=O) groups is 2. The molecule has 2 atom stereocenters. The van der Waals surface area contributed by atoms with Crippen LogP contribution < -0.4 is 20.3 Å². The Labute approximate surface area is 216 Å². The molecule has 2 amide bonds. The van der Waals surface area contributed by atoms with Gasteiger partial charge in [0.15, 0.2) is 5.60 Å². The molecular formula is C25H27ClF4N4O3. The number of amides is 2. The van der Waals surface area contributed by atoms with Gasteiger partial charge in [0.2, 0.25) is 0 Å². The summed E-state index contributed by atoms with van der Waals surface area (Å²) in [5.41, 5.74) is -1.20. The van der Waals surface area contributed by atoms with E-state index in [0.29, 0.717) is 18.7 Å². The average Bonchev–Trinajstić information content (AvgIpc) is 3.09. The molecule has 12 heteroatoms. The Morgan fingerprint density at radius 3 is 2.38 bits per heavy atom. The second-order valence-corrected chi connectivity index (χ2v) is 10.2. The third kappa shape index (κ3) is 6.44. The minimum atomic E-state index is -4.49. The highest BCUT2D eigenvalue weighted by atomic mass is 35.5. The molecule has 7 nitrogen and oxygen atoms in total. The molecule has 4 rings (SSSR count). The minimum Gasteiger partial charge on any atom is -0.476 e. The largest absolute Gasteiger partial charge is 0.476 e. The summed E-state index contributed by atoms with van der Waals surface area (Å²) in [6, 6.07) is 6.92. The molecule has 0 radical (unpaired) electrons. The number of benzene rings is 1. The first-order valence-corrected chi connectivity index (χ1v) is 12.2. The molecule has 2 aliphatic heterocycles. The first kappa shape index (κ1) is 27.0. The van der Waals surface area contributed by atoms with E-state index in [1.165, 1.54) is 24.4 Å². The maximum absolute atomic E-state index is 13.3. The van der Waals surface area contributed by atoms with Crippen molar-refractivity contribution in [2.45, 2.75) is 69.4 Å². The van der Waals surface area contributed by atoms with Gasteiger partial charge in [-0.1, -0.05) is 11.6 Å². The van der Waals surface area contributed by atoms with Crippen molar-refractivity contribution in [2.75, 3.05) is 11.4 Å². The molecule has 0 saturated carbocycles. The van der Waals surface area contributed by atoms with Gasteiger partial charge in [-0.25, -0.2) is 9.37 Å². The molecule has 1 aromatic heterocycles. The van der Waals surface area contributed by atoms with E-state index in [1.807, 2.05) is 5.32 Å². The van der Waals surface area contributed by atoms with Crippen LogP contribution in [0.15, 0.2) is 36.5 Å². The zero-order valence-corrected chi connectivity index (χ0v) is 21.0. The van der Waals surface area contributed by atoms with Crippen molar-refractivity contribution in [3.05, 3.63) is 52.9 Å². The van der Waals surface area contributed by atoms with E-state index >= 15 is 0 Å². The standard InChI is InChI=1S/C25H27ClF4N4O3/c1-24(2,37-20-7-4-15(27)9-19(20)26)23(36)33-16-10-17-5-6-18(11-16)34(17)21-8-3-14(12-31-21)22(35)32-13-25(28,29)30/h3-4,7-9,12,16-18H,5-6,10-11,13H2,1-2H3,(H,32,35)(H,33,36). The van der Waals surface area contributed by atoms with Crippen molar-refractivity contribution in [2.24, 2.45) is 0 Å². The lowest BCUT2D eigenvalue weighted by Gasteiger charge is -2.40. The highest BCUT2D eigenvalue weighted by Gasteiger charge is 2.43. The number of nitrogens with zero attached hydrogens (tertiary/aromatic N) is 2. The van der Waals surface area contributed by atoms with Crippen molar-refractivity contribution in [1.29, 1.82) is 0 Å². The lowest BCUT2D eigenvalue weighted by Crippen LogP contribution is -2.55. The molecule has 2 fully saturated rings. The van der Waals surface area contributed by atoms with Crippen LogP contribution in [0.2, 0.25) is 5.02 Å². The number of nitrogens with one attached hydrogen (secondary N) is 2. The van der Waals surface area contributed by atoms with Crippen molar-refractivity contribution in [3.63, 3.8) is 0 Å². The molecule has 2 saturated heterocycles. The summed E-state index contributed by atoms with van der Waals surface area (Å²) in [6.07, 6.45) is -0.0718. The number of carbonyl (C=O) groups excluding carboxylic acids is 2. The quantitative estimate of drug-likeness (QED) is 0.498. The van der Waals surface area contributed by atoms with Gasteiger partial charge in [0.1, 0.15) is 23.9 Å². The summed E-state index contributed by atoms with van der Waals surface area (Å²) in [4.78, 5) is 31.5. The van der Waals surface area contributed by atoms with Crippen LogP contribution >= 0.6 is 11.6 Å². The van der Waals surface area contributed by atoms with Crippen LogP contribution in [-0.2, 0) is 4.79 Å². The molecule has 2 aliphatic rings. The van der Waals surface area contributed by atoms with Crippen molar-refractivity contribution in [3.8, 4) is 5.75 Å². The van der Waals surface area contributed by atoms with Gasteiger partial charge in [-0.15, -0.1) is 0 Å². The number of anilines is 1. The van der Waals surface area contributed by atoms with Gasteiger partial charge in [0.25, 0.3) is 11.8 Å². The molecule has 1 aromatic carbocycles. The number of hydrogen-bond acceptors (Lipinski definition) is 5. The third-order valence-electron chi connectivity index (χ3n) is 6.60. The molecule has 0 spiro atoms. The maximum Gasteiger partial charge on any atom is 0.405 e. The van der Waals surface area contributed by atoms with E-state index in [4.69, 9.17) is 16.3 Å². The van der Waals surface area contributed by atoms with Gasteiger partial charge in [-0.05, 0) is 69.9 Å². The van der Waals surface area contributed by atoms with E-state index in [2.05, 4.69) is 15.2 Å². The van der Waals surface area contributed by atoms with E-state index in [9.17, 15) is 27.2 Å². The van der Waals surface area contributed by atoms with Crippen LogP contribution in [0.3, 0.4) is 0 Å². The zero-order valence-electron chi connectivity index (χ0n) is 20.2. The van der Waals surface area contributed by atoms with E-state index in [-0.39, 0.29) is 40.4 Å². The summed E-state index contributed by atoms with van der Waals surface area (Å²) < 4.78 is 56.2. The Bertz CT molecular complexity index is 1150. The Kier molecular flexibility index (Phi) is 7.55. The summed E-state index contributed by atoms with van der Waals surface area (Å²) in [5, 5.41) is 4.97. The Hall–Kier alpha value is -3.08. The van der Waals surface area contributed by atoms with Crippen LogP contribution in [0.5, 0.6) is 5.75 Å². The lowest BCUT2D eigenvalue weighted by atomic mass is 9.96. The van der Waals surface area contributed by atoms with Crippen molar-refractivity contribution in [1.82, 2.24) is 15.6 Å². The second kappa shape index (κ2) is 10.4. The lowest BCUT2D eigenvalue weighted by molar-refractivity contribution is -0.135. The van der Waals surface area contributed by atoms with E-state index < -0.39 is 30.0 Å². The Morgan fingerprint density at radius 1 is 1.14 bits per heavy atom. The smallest absolute Gasteiger partial charge is 0.405 e. The minimum absolute atomic E-state index is 0.0472. The number of fused-ring (bicyclic) bond motifs is 2. The molecular weight excluding hydrogens is 516 g/mol. The van der Waals surface area contributed by atoms with Crippen LogP contribution in [0.1, 0.15) is 49.9 Å². The SMILES string of the molecule is CC(C)(Oc1ccc(F)cc1Cl)C(=O)NC1CC2CCC(C1)N2c1ccc(C(=O)NCC(F)(F)F)cn1. The molecule has 2 bridgehead atoms. The monoisotopic (exact) mass is 542 g/mol. The van der Waals surface area contributed by atoms with Gasteiger partial charge in [0.05, 0.1) is 10.6 Å². The first-order chi connectivity index (χ1) is 17.3. The number of piperidine rings is 1. The van der Waals surface area contributed by atoms with Gasteiger partial charge in [0, 0.05) is 24.3 Å². The highest BCUT2D eigenvalue weighted by Crippen LogP contribution is 2.39. The number of aromatic nitrogens is 1. The Morgan fingerprint density at radius 2 is 1.81 bits per heavy atom. The number of halogens is 5. The molecule has 2 N–H and O–H groups in total. The summed E-state index contributed by atoms with van der Waals surface area (Å²) in [7, 11) is 0. The number of alkyl halides is 3. The van der Waals surface area contributed by atoms with Crippen molar-refractivity contribution >= 4 is 29.2 Å². The van der Waals surface area contributed by atoms with Crippen LogP contribution in [0.4, 0.5) is 23.4 Å². The normalized spacial score (nSPS) is 21.5. The highest BCUT2D eigenvalue weighted by molar-refractivity contribution is 6.32. The average molecular weight is 543 g/mol. The topological polar surface area (TPSA) is 83.6 Å². The van der Waals surface area contributed by atoms with E-state index in [1.54, 1.807) is 19.9 Å². The van der Waals surface area contributed by atoms with Crippen LogP contribution in [0, 0.1) is 5.82 Å². The fourth-order valence-corrected chi connectivity index (χ4v) is 5.07. The Balaban J connectivity index is 1.35. The number of pyridine rings is 1. The van der Waals surface area contributed by atoms with Gasteiger partial charge in [-0.3, -0.25) is 9.59 Å². The van der Waals surface area contributed by atoms with Gasteiger partial charge < -0.3 is 20.3 Å². The van der Waals surface area contributed by atoms with Gasteiger partial charge >= 0.3 is 6.18 Å². The van der Waals surface area contributed by atoms with Crippen LogP contribution in [0.25, 0.3) is 0 Å². The summed E-state index contributed by atoms with van der Waals surface area (Å²) >= 11 is 6.04. The molecule has 2 unspecified atom stereocenters.